The summed E-state index contributed by atoms with van der Waals surface area (Å²) in [4.78, 5) is 15.6. The van der Waals surface area contributed by atoms with Crippen molar-refractivity contribution in [2.45, 2.75) is 17.6 Å². The van der Waals surface area contributed by atoms with E-state index < -0.39 is 0 Å². The minimum Gasteiger partial charge on any atom is -0.385 e. The first-order valence-corrected chi connectivity index (χ1v) is 7.23. The normalized spacial score (nSPS) is 10.2. The number of nitro benzene ring substituents is 1. The molecular weight excluding hydrogens is 274 g/mol. The predicted octanol–water partition coefficient (Wildman–Crippen LogP) is 3.71. The molecule has 1 aromatic heterocycles. The van der Waals surface area contributed by atoms with Gasteiger partial charge in [-0.2, -0.15) is 0 Å². The average molecular weight is 289 g/mol. The van der Waals surface area contributed by atoms with Gasteiger partial charge >= 0.3 is 0 Å². The van der Waals surface area contributed by atoms with Gasteiger partial charge in [0.25, 0.3) is 5.69 Å². The van der Waals surface area contributed by atoms with Crippen LogP contribution in [0.15, 0.2) is 47.6 Å². The number of nitrogens with zero attached hydrogens (tertiary/aromatic N) is 2. The first-order valence-electron chi connectivity index (χ1n) is 6.24. The number of nitro groups is 1. The van der Waals surface area contributed by atoms with E-state index in [2.05, 4.69) is 10.3 Å². The number of hydrogen-bond donors (Lipinski definition) is 1. The van der Waals surface area contributed by atoms with Crippen LogP contribution in [0, 0.1) is 10.1 Å². The Morgan fingerprint density at radius 1 is 1.30 bits per heavy atom. The highest BCUT2D eigenvalue weighted by molar-refractivity contribution is 7.98. The molecule has 0 spiro atoms. The van der Waals surface area contributed by atoms with E-state index in [1.165, 1.54) is 6.07 Å². The number of anilines is 1. The maximum atomic E-state index is 10.9. The highest BCUT2D eigenvalue weighted by Crippen LogP contribution is 2.29. The third-order valence-electron chi connectivity index (χ3n) is 2.71. The molecule has 6 heteroatoms. The van der Waals surface area contributed by atoms with Crippen LogP contribution in [0.1, 0.15) is 12.5 Å². The maximum Gasteiger partial charge on any atom is 0.269 e. The lowest BCUT2D eigenvalue weighted by Gasteiger charge is -2.10. The van der Waals surface area contributed by atoms with Crippen LogP contribution in [0.25, 0.3) is 0 Å². The molecule has 20 heavy (non-hydrogen) atoms. The molecule has 2 rings (SSSR count). The molecular formula is C14H15N3O2S. The second kappa shape index (κ2) is 6.91. The second-order valence-electron chi connectivity index (χ2n) is 4.10. The van der Waals surface area contributed by atoms with Crippen LogP contribution in [0.4, 0.5) is 11.4 Å². The standard InChI is InChI=1S/C14H15N3O2S/c1-2-16-14-4-3-12(17(18)19)9-11(14)10-20-13-5-7-15-8-6-13/h3-9,16H,2,10H2,1H3. The smallest absolute Gasteiger partial charge is 0.269 e. The van der Waals surface area contributed by atoms with Gasteiger partial charge in [0.1, 0.15) is 0 Å². The van der Waals surface area contributed by atoms with Crippen LogP contribution in [0.3, 0.4) is 0 Å². The van der Waals surface area contributed by atoms with Crippen molar-refractivity contribution in [2.24, 2.45) is 0 Å². The number of hydrogen-bond acceptors (Lipinski definition) is 5. The molecule has 0 saturated heterocycles. The van der Waals surface area contributed by atoms with E-state index in [1.807, 2.05) is 19.1 Å². The Hall–Kier alpha value is -2.08. The summed E-state index contributed by atoms with van der Waals surface area (Å²) in [6.07, 6.45) is 3.47. The van der Waals surface area contributed by atoms with E-state index in [0.717, 1.165) is 22.7 Å². The largest absolute Gasteiger partial charge is 0.385 e. The molecule has 0 aliphatic heterocycles. The summed E-state index contributed by atoms with van der Waals surface area (Å²) in [5.41, 5.74) is 2.00. The van der Waals surface area contributed by atoms with Gasteiger partial charge in [-0.3, -0.25) is 15.1 Å². The maximum absolute atomic E-state index is 10.9. The van der Waals surface area contributed by atoms with Gasteiger partial charge in [-0.05, 0) is 30.7 Å². The lowest BCUT2D eigenvalue weighted by molar-refractivity contribution is -0.384. The van der Waals surface area contributed by atoms with Crippen molar-refractivity contribution in [3.8, 4) is 0 Å². The van der Waals surface area contributed by atoms with Crippen molar-refractivity contribution in [3.05, 3.63) is 58.4 Å². The third-order valence-corrected chi connectivity index (χ3v) is 3.77. The molecule has 0 atom stereocenters. The zero-order valence-corrected chi connectivity index (χ0v) is 11.9. The van der Waals surface area contributed by atoms with E-state index >= 15 is 0 Å². The summed E-state index contributed by atoms with van der Waals surface area (Å²) in [6.45, 7) is 2.78. The number of benzene rings is 1. The summed E-state index contributed by atoms with van der Waals surface area (Å²) in [7, 11) is 0. The summed E-state index contributed by atoms with van der Waals surface area (Å²) in [6, 6.07) is 8.78. The molecule has 0 bridgehead atoms. The summed E-state index contributed by atoms with van der Waals surface area (Å²) >= 11 is 1.63. The van der Waals surface area contributed by atoms with Crippen molar-refractivity contribution >= 4 is 23.1 Å². The Morgan fingerprint density at radius 2 is 2.05 bits per heavy atom. The predicted molar refractivity (Wildman–Crippen MR) is 81.1 cm³/mol. The molecule has 0 aliphatic carbocycles. The minimum atomic E-state index is -0.365. The van der Waals surface area contributed by atoms with E-state index in [0.29, 0.717) is 5.75 Å². The van der Waals surface area contributed by atoms with Crippen molar-refractivity contribution < 1.29 is 4.92 Å². The van der Waals surface area contributed by atoms with Crippen molar-refractivity contribution in [1.29, 1.82) is 0 Å². The topological polar surface area (TPSA) is 68.1 Å². The summed E-state index contributed by atoms with van der Waals surface area (Å²) in [5, 5.41) is 14.1. The number of pyridine rings is 1. The average Bonchev–Trinajstić information content (AvgIpc) is 2.47. The Kier molecular flexibility index (Phi) is 4.95. The summed E-state index contributed by atoms with van der Waals surface area (Å²) in [5.74, 6) is 0.675. The monoisotopic (exact) mass is 289 g/mol. The van der Waals surface area contributed by atoms with Gasteiger partial charge in [-0.25, -0.2) is 0 Å². The van der Waals surface area contributed by atoms with Gasteiger partial charge in [0.05, 0.1) is 4.92 Å². The summed E-state index contributed by atoms with van der Waals surface area (Å²) < 4.78 is 0. The van der Waals surface area contributed by atoms with Gasteiger partial charge in [0.15, 0.2) is 0 Å². The van der Waals surface area contributed by atoms with E-state index in [1.54, 1.807) is 36.3 Å². The molecule has 0 amide bonds. The van der Waals surface area contributed by atoms with Crippen molar-refractivity contribution in [2.75, 3.05) is 11.9 Å². The highest BCUT2D eigenvalue weighted by atomic mass is 32.2. The number of nitrogens with one attached hydrogen (secondary N) is 1. The van der Waals surface area contributed by atoms with Crippen LogP contribution in [0.2, 0.25) is 0 Å². The molecule has 0 aliphatic rings. The van der Waals surface area contributed by atoms with E-state index in [-0.39, 0.29) is 10.6 Å². The zero-order valence-electron chi connectivity index (χ0n) is 11.1. The first kappa shape index (κ1) is 14.3. The second-order valence-corrected chi connectivity index (χ2v) is 5.15. The number of non-ortho nitro benzene ring substituents is 1. The van der Waals surface area contributed by atoms with Crippen LogP contribution < -0.4 is 5.32 Å². The van der Waals surface area contributed by atoms with Crippen molar-refractivity contribution in [1.82, 2.24) is 4.98 Å². The first-order chi connectivity index (χ1) is 9.70. The van der Waals surface area contributed by atoms with Gasteiger partial charge < -0.3 is 5.32 Å². The minimum absolute atomic E-state index is 0.122. The molecule has 0 radical (unpaired) electrons. The third kappa shape index (κ3) is 3.71. The molecule has 2 aromatic rings. The molecule has 104 valence electrons. The molecule has 1 aromatic carbocycles. The molecule has 1 N–H and O–H groups in total. The van der Waals surface area contributed by atoms with Gasteiger partial charge in [0.2, 0.25) is 0 Å². The van der Waals surface area contributed by atoms with Crippen LogP contribution in [-0.2, 0) is 5.75 Å². The fraction of sp³-hybridized carbons (Fsp3) is 0.214. The number of thioether (sulfide) groups is 1. The van der Waals surface area contributed by atoms with E-state index in [4.69, 9.17) is 0 Å². The lowest BCUT2D eigenvalue weighted by atomic mass is 10.2. The Balaban J connectivity index is 2.19. The fourth-order valence-electron chi connectivity index (χ4n) is 1.77. The van der Waals surface area contributed by atoms with Crippen LogP contribution >= 0.6 is 11.8 Å². The van der Waals surface area contributed by atoms with Crippen LogP contribution in [0.5, 0.6) is 0 Å². The van der Waals surface area contributed by atoms with Crippen LogP contribution in [-0.4, -0.2) is 16.5 Å². The lowest BCUT2D eigenvalue weighted by Crippen LogP contribution is -2.01. The molecule has 0 unspecified atom stereocenters. The Labute approximate surface area is 121 Å². The molecule has 5 nitrogen and oxygen atoms in total. The number of aromatic nitrogens is 1. The Bertz CT molecular complexity index is 590. The van der Waals surface area contributed by atoms with E-state index in [9.17, 15) is 10.1 Å². The van der Waals surface area contributed by atoms with Gasteiger partial charge in [-0.15, -0.1) is 11.8 Å². The number of rotatable bonds is 6. The zero-order chi connectivity index (χ0) is 14.4. The quantitative estimate of drug-likeness (QED) is 0.499. The SMILES string of the molecule is CCNc1ccc([N+](=O)[O-])cc1CSc1ccncc1. The fourth-order valence-corrected chi connectivity index (χ4v) is 2.65. The van der Waals surface area contributed by atoms with Gasteiger partial charge in [-0.1, -0.05) is 0 Å². The molecule has 1 heterocycles. The Morgan fingerprint density at radius 3 is 2.70 bits per heavy atom. The highest BCUT2D eigenvalue weighted by Gasteiger charge is 2.10. The molecule has 0 saturated carbocycles. The van der Waals surface area contributed by atoms with Gasteiger partial charge in [0, 0.05) is 47.4 Å². The van der Waals surface area contributed by atoms with Crippen molar-refractivity contribution in [3.63, 3.8) is 0 Å². The molecule has 0 fully saturated rings.